The van der Waals surface area contributed by atoms with Crippen molar-refractivity contribution in [3.8, 4) is 11.4 Å². The number of nitrogens with two attached hydrogens (primary N) is 1. The molecule has 5 nitrogen and oxygen atoms in total. The largest absolute Gasteiger partial charge is 0.292 e. The van der Waals surface area contributed by atoms with Crippen LogP contribution in [-0.4, -0.2) is 15.0 Å². The van der Waals surface area contributed by atoms with Gasteiger partial charge in [0.15, 0.2) is 0 Å². The first-order valence-electron chi connectivity index (χ1n) is 4.02. The van der Waals surface area contributed by atoms with Crippen LogP contribution in [0.4, 0.5) is 5.95 Å². The van der Waals surface area contributed by atoms with E-state index >= 15 is 0 Å². The van der Waals surface area contributed by atoms with E-state index in [1.54, 1.807) is 23.6 Å². The smallest absolute Gasteiger partial charge is 0.237 e. The van der Waals surface area contributed by atoms with Gasteiger partial charge in [-0.1, -0.05) is 0 Å². The average molecular weight is 207 g/mol. The fourth-order valence-corrected chi connectivity index (χ4v) is 1.66. The fraction of sp³-hybridized carbons (Fsp3) is 0.125. The molecule has 14 heavy (non-hydrogen) atoms. The molecule has 0 aliphatic carbocycles. The summed E-state index contributed by atoms with van der Waals surface area (Å²) in [5, 5.41) is 2.97. The van der Waals surface area contributed by atoms with Gasteiger partial charge in [-0.15, -0.1) is 11.3 Å². The van der Waals surface area contributed by atoms with E-state index < -0.39 is 0 Å². The average Bonchev–Trinajstić information content (AvgIpc) is 2.65. The summed E-state index contributed by atoms with van der Waals surface area (Å²) < 4.78 is 0. The molecule has 0 fully saturated rings. The molecular formula is C8H9N5S. The normalized spacial score (nSPS) is 10.1. The number of nitrogens with zero attached hydrogens (tertiary/aromatic N) is 3. The first kappa shape index (κ1) is 9.04. The molecule has 0 spiro atoms. The summed E-state index contributed by atoms with van der Waals surface area (Å²) in [6, 6.07) is 1.80. The summed E-state index contributed by atoms with van der Waals surface area (Å²) >= 11 is 1.59. The fourth-order valence-electron chi connectivity index (χ4n) is 1.05. The maximum Gasteiger partial charge on any atom is 0.237 e. The van der Waals surface area contributed by atoms with Gasteiger partial charge in [-0.05, 0) is 13.0 Å². The Balaban J connectivity index is 2.41. The second-order valence-corrected chi connectivity index (χ2v) is 3.72. The third-order valence-electron chi connectivity index (χ3n) is 1.67. The molecule has 6 heteroatoms. The van der Waals surface area contributed by atoms with Gasteiger partial charge in [0.1, 0.15) is 5.69 Å². The quantitative estimate of drug-likeness (QED) is 0.571. The molecule has 0 aromatic carbocycles. The van der Waals surface area contributed by atoms with E-state index in [4.69, 9.17) is 5.84 Å². The number of aromatic nitrogens is 3. The van der Waals surface area contributed by atoms with E-state index in [-0.39, 0.29) is 0 Å². The highest BCUT2D eigenvalue weighted by atomic mass is 32.1. The van der Waals surface area contributed by atoms with Crippen LogP contribution in [0.5, 0.6) is 0 Å². The summed E-state index contributed by atoms with van der Waals surface area (Å²) in [4.78, 5) is 12.4. The molecule has 0 unspecified atom stereocenters. The number of aryl methyl sites for hydroxylation is 1. The highest BCUT2D eigenvalue weighted by molar-refractivity contribution is 7.09. The van der Waals surface area contributed by atoms with Crippen LogP contribution >= 0.6 is 11.3 Å². The summed E-state index contributed by atoms with van der Waals surface area (Å²) in [5.74, 6) is 5.61. The van der Waals surface area contributed by atoms with Gasteiger partial charge in [-0.3, -0.25) is 5.43 Å². The topological polar surface area (TPSA) is 76.7 Å². The number of hydrogen-bond donors (Lipinski definition) is 2. The minimum atomic E-state index is 0.396. The Morgan fingerprint density at radius 2 is 2.21 bits per heavy atom. The van der Waals surface area contributed by atoms with Crippen LogP contribution in [0.25, 0.3) is 11.4 Å². The Kier molecular flexibility index (Phi) is 2.38. The summed E-state index contributed by atoms with van der Waals surface area (Å²) in [5.41, 5.74) is 4.03. The molecule has 2 aromatic heterocycles. The van der Waals surface area contributed by atoms with E-state index in [0.29, 0.717) is 5.95 Å². The van der Waals surface area contributed by atoms with Gasteiger partial charge in [-0.2, -0.15) is 0 Å². The highest BCUT2D eigenvalue weighted by Crippen LogP contribution is 2.19. The van der Waals surface area contributed by atoms with Crippen LogP contribution in [0.15, 0.2) is 17.6 Å². The van der Waals surface area contributed by atoms with Crippen LogP contribution in [0.3, 0.4) is 0 Å². The monoisotopic (exact) mass is 207 g/mol. The summed E-state index contributed by atoms with van der Waals surface area (Å²) in [6.45, 7) is 1.96. The number of thiazole rings is 1. The molecule has 0 bridgehead atoms. The zero-order valence-corrected chi connectivity index (χ0v) is 8.38. The Bertz CT molecular complexity index is 439. The van der Waals surface area contributed by atoms with E-state index in [0.717, 1.165) is 16.4 Å². The SMILES string of the molecule is Cc1nc(-c2ccnc(NN)n2)cs1. The minimum absolute atomic E-state index is 0.396. The maximum atomic E-state index is 5.21. The Morgan fingerprint density at radius 1 is 1.36 bits per heavy atom. The van der Waals surface area contributed by atoms with Crippen LogP contribution in [0, 0.1) is 6.92 Å². The lowest BCUT2D eigenvalue weighted by Crippen LogP contribution is -2.10. The number of hydrogen-bond acceptors (Lipinski definition) is 6. The first-order valence-corrected chi connectivity index (χ1v) is 4.90. The number of nitrogens with one attached hydrogen (secondary N) is 1. The Hall–Kier alpha value is -1.53. The van der Waals surface area contributed by atoms with Gasteiger partial charge in [0.2, 0.25) is 5.95 Å². The van der Waals surface area contributed by atoms with E-state index in [1.165, 1.54) is 0 Å². The standard InChI is InChI=1S/C8H9N5S/c1-5-11-7(4-14-5)6-2-3-10-8(12-6)13-9/h2-4H,9H2,1H3,(H,10,12,13). The molecule has 0 aliphatic heterocycles. The lowest BCUT2D eigenvalue weighted by Gasteiger charge is -1.99. The molecular weight excluding hydrogens is 198 g/mol. The predicted octanol–water partition coefficient (Wildman–Crippen LogP) is 1.19. The predicted molar refractivity (Wildman–Crippen MR) is 55.7 cm³/mol. The summed E-state index contributed by atoms with van der Waals surface area (Å²) in [7, 11) is 0. The van der Waals surface area contributed by atoms with Crippen LogP contribution in [-0.2, 0) is 0 Å². The molecule has 2 aromatic rings. The second kappa shape index (κ2) is 3.69. The zero-order valence-electron chi connectivity index (χ0n) is 7.56. The van der Waals surface area contributed by atoms with E-state index in [9.17, 15) is 0 Å². The van der Waals surface area contributed by atoms with Gasteiger partial charge in [-0.25, -0.2) is 20.8 Å². The molecule has 2 rings (SSSR count). The van der Waals surface area contributed by atoms with Crippen molar-refractivity contribution < 1.29 is 0 Å². The van der Waals surface area contributed by atoms with Crippen LogP contribution < -0.4 is 11.3 Å². The lowest BCUT2D eigenvalue weighted by atomic mass is 10.3. The van der Waals surface area contributed by atoms with E-state index in [2.05, 4.69) is 20.4 Å². The van der Waals surface area contributed by atoms with Gasteiger partial charge in [0.25, 0.3) is 0 Å². The van der Waals surface area contributed by atoms with Crippen molar-refractivity contribution >= 4 is 17.3 Å². The molecule has 72 valence electrons. The number of hydrazine groups is 1. The molecule has 0 aliphatic rings. The Morgan fingerprint density at radius 3 is 2.86 bits per heavy atom. The second-order valence-electron chi connectivity index (χ2n) is 2.66. The van der Waals surface area contributed by atoms with Crippen molar-refractivity contribution in [2.45, 2.75) is 6.92 Å². The van der Waals surface area contributed by atoms with Crippen LogP contribution in [0.1, 0.15) is 5.01 Å². The highest BCUT2D eigenvalue weighted by Gasteiger charge is 2.04. The van der Waals surface area contributed by atoms with Crippen molar-refractivity contribution in [2.75, 3.05) is 5.43 Å². The molecule has 0 saturated heterocycles. The Labute approximate surface area is 85.0 Å². The third kappa shape index (κ3) is 1.70. The van der Waals surface area contributed by atoms with Crippen molar-refractivity contribution in [3.05, 3.63) is 22.7 Å². The van der Waals surface area contributed by atoms with Crippen molar-refractivity contribution in [1.82, 2.24) is 15.0 Å². The van der Waals surface area contributed by atoms with Crippen molar-refractivity contribution in [2.24, 2.45) is 5.84 Å². The minimum Gasteiger partial charge on any atom is -0.292 e. The summed E-state index contributed by atoms with van der Waals surface area (Å²) in [6.07, 6.45) is 1.65. The number of anilines is 1. The zero-order chi connectivity index (χ0) is 9.97. The first-order chi connectivity index (χ1) is 6.79. The van der Waals surface area contributed by atoms with Crippen molar-refractivity contribution in [3.63, 3.8) is 0 Å². The molecule has 3 N–H and O–H groups in total. The van der Waals surface area contributed by atoms with Gasteiger partial charge in [0, 0.05) is 11.6 Å². The molecule has 0 atom stereocenters. The maximum absolute atomic E-state index is 5.21. The lowest BCUT2D eigenvalue weighted by molar-refractivity contribution is 1.11. The third-order valence-corrected chi connectivity index (χ3v) is 2.44. The van der Waals surface area contributed by atoms with Crippen LogP contribution in [0.2, 0.25) is 0 Å². The molecule has 0 radical (unpaired) electrons. The van der Waals surface area contributed by atoms with Crippen molar-refractivity contribution in [1.29, 1.82) is 0 Å². The van der Waals surface area contributed by atoms with Gasteiger partial charge in [0.05, 0.1) is 10.7 Å². The molecule has 0 amide bonds. The van der Waals surface area contributed by atoms with E-state index in [1.807, 2.05) is 12.3 Å². The van der Waals surface area contributed by atoms with Gasteiger partial charge >= 0.3 is 0 Å². The molecule has 2 heterocycles. The van der Waals surface area contributed by atoms with Gasteiger partial charge < -0.3 is 0 Å². The molecule has 0 saturated carbocycles. The number of rotatable bonds is 2. The number of nitrogen functional groups attached to an aromatic ring is 1.